The Kier molecular flexibility index (Phi) is 5.49. The molecule has 1 N–H and O–H groups in total. The zero-order valence-electron chi connectivity index (χ0n) is 10.7. The molecule has 1 aromatic carbocycles. The van der Waals surface area contributed by atoms with Gasteiger partial charge < -0.3 is 5.32 Å². The van der Waals surface area contributed by atoms with Crippen molar-refractivity contribution in [1.29, 1.82) is 0 Å². The van der Waals surface area contributed by atoms with Gasteiger partial charge in [-0.05, 0) is 38.3 Å². The van der Waals surface area contributed by atoms with Crippen molar-refractivity contribution in [3.63, 3.8) is 0 Å². The number of hydrogen-bond donors (Lipinski definition) is 1. The fourth-order valence-electron chi connectivity index (χ4n) is 1.71. The Balaban J connectivity index is 2.52. The molecule has 1 atom stereocenters. The Morgan fingerprint density at radius 2 is 2.12 bits per heavy atom. The van der Waals surface area contributed by atoms with Crippen LogP contribution >= 0.6 is 11.6 Å². The Hall–Kier alpha value is -1.02. The van der Waals surface area contributed by atoms with E-state index in [1.807, 2.05) is 39.0 Å². The first-order valence-electron chi connectivity index (χ1n) is 6.04. The van der Waals surface area contributed by atoms with E-state index in [4.69, 9.17) is 11.6 Å². The zero-order chi connectivity index (χ0) is 12.8. The topological polar surface area (TPSA) is 29.1 Å². The van der Waals surface area contributed by atoms with Crippen LogP contribution < -0.4 is 5.32 Å². The number of benzene rings is 1. The monoisotopic (exact) mass is 253 g/mol. The standard InChI is InChI=1S/C14H20ClNO/c1-4-12(15)7-8-16-14(17)13-6-5-10(2)9-11(13)3/h5-6,9,12H,4,7-8H2,1-3H3,(H,16,17). The van der Waals surface area contributed by atoms with E-state index in [0.717, 1.165) is 24.0 Å². The zero-order valence-corrected chi connectivity index (χ0v) is 11.5. The summed E-state index contributed by atoms with van der Waals surface area (Å²) in [4.78, 5) is 11.9. The summed E-state index contributed by atoms with van der Waals surface area (Å²) in [7, 11) is 0. The van der Waals surface area contributed by atoms with Gasteiger partial charge in [-0.3, -0.25) is 4.79 Å². The first-order chi connectivity index (χ1) is 8.04. The molecule has 1 amide bonds. The second-order valence-electron chi connectivity index (χ2n) is 4.37. The van der Waals surface area contributed by atoms with Gasteiger partial charge >= 0.3 is 0 Å². The Morgan fingerprint density at radius 3 is 2.71 bits per heavy atom. The van der Waals surface area contributed by atoms with Crippen LogP contribution in [-0.2, 0) is 0 Å². The molecule has 17 heavy (non-hydrogen) atoms. The maximum atomic E-state index is 11.9. The Bertz CT molecular complexity index is 390. The highest BCUT2D eigenvalue weighted by Crippen LogP contribution is 2.10. The lowest BCUT2D eigenvalue weighted by molar-refractivity contribution is 0.0952. The number of rotatable bonds is 5. The predicted molar refractivity (Wildman–Crippen MR) is 72.8 cm³/mol. The van der Waals surface area contributed by atoms with Gasteiger partial charge in [0.1, 0.15) is 0 Å². The fraction of sp³-hybridized carbons (Fsp3) is 0.500. The minimum Gasteiger partial charge on any atom is -0.352 e. The molecule has 0 spiro atoms. The molecule has 0 radical (unpaired) electrons. The molecule has 0 bridgehead atoms. The third-order valence-corrected chi connectivity index (χ3v) is 3.34. The summed E-state index contributed by atoms with van der Waals surface area (Å²) in [6, 6.07) is 5.85. The molecule has 1 unspecified atom stereocenters. The lowest BCUT2D eigenvalue weighted by atomic mass is 10.1. The van der Waals surface area contributed by atoms with Gasteiger partial charge in [-0.2, -0.15) is 0 Å². The molecule has 3 heteroatoms. The van der Waals surface area contributed by atoms with Crippen LogP contribution in [0, 0.1) is 13.8 Å². The largest absolute Gasteiger partial charge is 0.352 e. The van der Waals surface area contributed by atoms with Crippen molar-refractivity contribution >= 4 is 17.5 Å². The molecule has 0 aliphatic carbocycles. The number of nitrogens with one attached hydrogen (secondary N) is 1. The molecule has 0 saturated carbocycles. The molecule has 1 aromatic rings. The van der Waals surface area contributed by atoms with E-state index >= 15 is 0 Å². The summed E-state index contributed by atoms with van der Waals surface area (Å²) in [5, 5.41) is 3.05. The number of alkyl halides is 1. The van der Waals surface area contributed by atoms with Crippen molar-refractivity contribution in [3.8, 4) is 0 Å². The van der Waals surface area contributed by atoms with Gasteiger partial charge in [-0.1, -0.05) is 24.6 Å². The normalized spacial score (nSPS) is 12.2. The summed E-state index contributed by atoms with van der Waals surface area (Å²) in [5.41, 5.74) is 2.93. The van der Waals surface area contributed by atoms with Crippen LogP contribution in [0.4, 0.5) is 0 Å². The molecular formula is C14H20ClNO. The lowest BCUT2D eigenvalue weighted by Crippen LogP contribution is -2.26. The van der Waals surface area contributed by atoms with Crippen LogP contribution in [-0.4, -0.2) is 17.8 Å². The summed E-state index contributed by atoms with van der Waals surface area (Å²) < 4.78 is 0. The van der Waals surface area contributed by atoms with Gasteiger partial charge in [-0.25, -0.2) is 0 Å². The quantitative estimate of drug-likeness (QED) is 0.801. The molecule has 0 aromatic heterocycles. The summed E-state index contributed by atoms with van der Waals surface area (Å²) in [5.74, 6) is -0.0116. The average molecular weight is 254 g/mol. The molecule has 0 aliphatic heterocycles. The lowest BCUT2D eigenvalue weighted by Gasteiger charge is -2.10. The van der Waals surface area contributed by atoms with Crippen LogP contribution in [0.15, 0.2) is 18.2 Å². The van der Waals surface area contributed by atoms with Crippen LogP contribution in [0.2, 0.25) is 0 Å². The highest BCUT2D eigenvalue weighted by atomic mass is 35.5. The number of hydrogen-bond acceptors (Lipinski definition) is 1. The van der Waals surface area contributed by atoms with E-state index < -0.39 is 0 Å². The van der Waals surface area contributed by atoms with Gasteiger partial charge in [0.05, 0.1) is 0 Å². The minimum absolute atomic E-state index is 0.0116. The Labute approximate surface area is 108 Å². The SMILES string of the molecule is CCC(Cl)CCNC(=O)c1ccc(C)cc1C. The van der Waals surface area contributed by atoms with Crippen LogP contribution in [0.1, 0.15) is 41.3 Å². The highest BCUT2D eigenvalue weighted by Gasteiger charge is 2.09. The number of carbonyl (C=O) groups excluding carboxylic acids is 1. The molecule has 2 nitrogen and oxygen atoms in total. The number of aryl methyl sites for hydroxylation is 2. The average Bonchev–Trinajstić information content (AvgIpc) is 2.28. The van der Waals surface area contributed by atoms with Crippen molar-refractivity contribution in [2.45, 2.75) is 39.0 Å². The van der Waals surface area contributed by atoms with E-state index in [-0.39, 0.29) is 11.3 Å². The molecule has 0 aliphatic rings. The summed E-state index contributed by atoms with van der Waals surface area (Å²) >= 11 is 6.00. The molecule has 94 valence electrons. The summed E-state index contributed by atoms with van der Waals surface area (Å²) in [6.45, 7) is 6.66. The smallest absolute Gasteiger partial charge is 0.251 e. The van der Waals surface area contributed by atoms with Gasteiger partial charge in [0.15, 0.2) is 0 Å². The van der Waals surface area contributed by atoms with Gasteiger partial charge in [0.25, 0.3) is 5.91 Å². The maximum absolute atomic E-state index is 11.9. The highest BCUT2D eigenvalue weighted by molar-refractivity contribution is 6.20. The first-order valence-corrected chi connectivity index (χ1v) is 6.47. The fourth-order valence-corrected chi connectivity index (χ4v) is 1.82. The van der Waals surface area contributed by atoms with Crippen molar-refractivity contribution in [2.24, 2.45) is 0 Å². The molecule has 0 heterocycles. The van der Waals surface area contributed by atoms with E-state index in [1.165, 1.54) is 5.56 Å². The van der Waals surface area contributed by atoms with Crippen molar-refractivity contribution in [2.75, 3.05) is 6.54 Å². The molecule has 0 saturated heterocycles. The second kappa shape index (κ2) is 6.65. The van der Waals surface area contributed by atoms with Gasteiger partial charge in [0.2, 0.25) is 0 Å². The van der Waals surface area contributed by atoms with E-state index in [1.54, 1.807) is 0 Å². The van der Waals surface area contributed by atoms with Crippen LogP contribution in [0.3, 0.4) is 0 Å². The number of carbonyl (C=O) groups is 1. The molecule has 0 fully saturated rings. The third kappa shape index (κ3) is 4.39. The van der Waals surface area contributed by atoms with E-state index in [0.29, 0.717) is 6.54 Å². The minimum atomic E-state index is -0.0116. The molecule has 1 rings (SSSR count). The van der Waals surface area contributed by atoms with Gasteiger partial charge in [0, 0.05) is 17.5 Å². The van der Waals surface area contributed by atoms with Crippen LogP contribution in [0.25, 0.3) is 0 Å². The van der Waals surface area contributed by atoms with Crippen molar-refractivity contribution in [3.05, 3.63) is 34.9 Å². The van der Waals surface area contributed by atoms with Crippen molar-refractivity contribution < 1.29 is 4.79 Å². The second-order valence-corrected chi connectivity index (χ2v) is 4.99. The summed E-state index contributed by atoms with van der Waals surface area (Å²) in [6.07, 6.45) is 1.75. The number of halogens is 1. The van der Waals surface area contributed by atoms with Gasteiger partial charge in [-0.15, -0.1) is 11.6 Å². The molecular weight excluding hydrogens is 234 g/mol. The predicted octanol–water partition coefficient (Wildman–Crippen LogP) is 3.44. The Morgan fingerprint density at radius 1 is 1.41 bits per heavy atom. The maximum Gasteiger partial charge on any atom is 0.251 e. The van der Waals surface area contributed by atoms with Crippen LogP contribution in [0.5, 0.6) is 0 Å². The third-order valence-electron chi connectivity index (χ3n) is 2.81. The van der Waals surface area contributed by atoms with E-state index in [2.05, 4.69) is 5.32 Å². The first kappa shape index (κ1) is 14.0. The van der Waals surface area contributed by atoms with Crippen molar-refractivity contribution in [1.82, 2.24) is 5.32 Å². The number of amides is 1. The van der Waals surface area contributed by atoms with E-state index in [9.17, 15) is 4.79 Å².